The summed E-state index contributed by atoms with van der Waals surface area (Å²) in [5.74, 6) is -0.787. The first-order chi connectivity index (χ1) is 6.68. The Labute approximate surface area is 81.6 Å². The van der Waals surface area contributed by atoms with E-state index < -0.39 is 5.97 Å². The van der Waals surface area contributed by atoms with Crippen LogP contribution in [-0.2, 0) is 11.2 Å². The van der Waals surface area contributed by atoms with Crippen molar-refractivity contribution in [1.29, 1.82) is 0 Å². The molecular formula is C11H11NO2. The number of fused-ring (bicyclic) bond motifs is 1. The van der Waals surface area contributed by atoms with Gasteiger partial charge in [-0.05, 0) is 30.2 Å². The Balaban J connectivity index is 2.62. The van der Waals surface area contributed by atoms with Crippen LogP contribution < -0.4 is 0 Å². The first-order valence-electron chi connectivity index (χ1n) is 4.45. The van der Waals surface area contributed by atoms with Crippen molar-refractivity contribution in [2.24, 2.45) is 0 Å². The molecule has 2 rings (SSSR count). The molecule has 0 bridgehead atoms. The first kappa shape index (κ1) is 8.81. The lowest BCUT2D eigenvalue weighted by molar-refractivity contribution is -0.136. The average molecular weight is 189 g/mol. The van der Waals surface area contributed by atoms with Gasteiger partial charge in [0.05, 0.1) is 6.42 Å². The van der Waals surface area contributed by atoms with Crippen LogP contribution in [0.5, 0.6) is 0 Å². The van der Waals surface area contributed by atoms with Crippen LogP contribution >= 0.6 is 0 Å². The molecule has 3 nitrogen and oxygen atoms in total. The predicted molar refractivity (Wildman–Crippen MR) is 53.5 cm³/mol. The van der Waals surface area contributed by atoms with Gasteiger partial charge in [-0.3, -0.25) is 4.79 Å². The number of rotatable bonds is 2. The lowest BCUT2D eigenvalue weighted by atomic mass is 10.1. The van der Waals surface area contributed by atoms with Crippen molar-refractivity contribution in [2.75, 3.05) is 0 Å². The molecule has 0 aliphatic rings. The molecule has 0 aliphatic heterocycles. The van der Waals surface area contributed by atoms with Gasteiger partial charge in [-0.15, -0.1) is 0 Å². The Morgan fingerprint density at radius 3 is 3.00 bits per heavy atom. The van der Waals surface area contributed by atoms with Gasteiger partial charge in [0, 0.05) is 17.9 Å². The number of carboxylic acids is 1. The van der Waals surface area contributed by atoms with Crippen LogP contribution in [0.2, 0.25) is 0 Å². The molecule has 0 radical (unpaired) electrons. The van der Waals surface area contributed by atoms with E-state index in [9.17, 15) is 4.79 Å². The topological polar surface area (TPSA) is 41.7 Å². The highest BCUT2D eigenvalue weighted by Crippen LogP contribution is 2.18. The standard InChI is InChI=1S/C11H11NO2/c1-8-7-12-5-3-2-4-10(12)9(8)6-11(13)14/h2-5,7H,6H2,1H3,(H,13,14). The molecule has 0 saturated carbocycles. The van der Waals surface area contributed by atoms with Crippen LogP contribution in [0.15, 0.2) is 30.6 Å². The second-order valence-corrected chi connectivity index (χ2v) is 3.35. The summed E-state index contributed by atoms with van der Waals surface area (Å²) in [4.78, 5) is 10.7. The molecule has 0 spiro atoms. The number of aliphatic carboxylic acids is 1. The molecule has 3 heteroatoms. The smallest absolute Gasteiger partial charge is 0.307 e. The molecule has 2 aromatic heterocycles. The van der Waals surface area contributed by atoms with E-state index in [1.54, 1.807) is 0 Å². The van der Waals surface area contributed by atoms with E-state index in [1.807, 2.05) is 41.9 Å². The number of hydrogen-bond donors (Lipinski definition) is 1. The fraction of sp³-hybridized carbons (Fsp3) is 0.182. The summed E-state index contributed by atoms with van der Waals surface area (Å²) in [5, 5.41) is 8.76. The zero-order valence-corrected chi connectivity index (χ0v) is 7.90. The molecule has 0 unspecified atom stereocenters. The van der Waals surface area contributed by atoms with E-state index >= 15 is 0 Å². The van der Waals surface area contributed by atoms with Crippen LogP contribution in [-0.4, -0.2) is 15.5 Å². The maximum atomic E-state index is 10.7. The van der Waals surface area contributed by atoms with Crippen molar-refractivity contribution in [2.45, 2.75) is 13.3 Å². The van der Waals surface area contributed by atoms with Gasteiger partial charge in [0.15, 0.2) is 0 Å². The zero-order chi connectivity index (χ0) is 10.1. The van der Waals surface area contributed by atoms with Gasteiger partial charge < -0.3 is 9.51 Å². The molecule has 72 valence electrons. The normalized spacial score (nSPS) is 10.6. The van der Waals surface area contributed by atoms with Gasteiger partial charge in [0.25, 0.3) is 0 Å². The van der Waals surface area contributed by atoms with Gasteiger partial charge in [-0.1, -0.05) is 6.07 Å². The quantitative estimate of drug-likeness (QED) is 0.783. The zero-order valence-electron chi connectivity index (χ0n) is 7.90. The Morgan fingerprint density at radius 2 is 2.29 bits per heavy atom. The van der Waals surface area contributed by atoms with E-state index in [1.165, 1.54) is 0 Å². The van der Waals surface area contributed by atoms with Crippen molar-refractivity contribution in [3.05, 3.63) is 41.7 Å². The summed E-state index contributed by atoms with van der Waals surface area (Å²) in [6.45, 7) is 1.94. The van der Waals surface area contributed by atoms with Crippen molar-refractivity contribution < 1.29 is 9.90 Å². The minimum Gasteiger partial charge on any atom is -0.481 e. The SMILES string of the molecule is Cc1cn2ccccc2c1CC(=O)O. The molecule has 0 fully saturated rings. The van der Waals surface area contributed by atoms with Crippen LogP contribution in [0, 0.1) is 6.92 Å². The maximum absolute atomic E-state index is 10.7. The molecule has 0 aromatic carbocycles. The molecule has 0 atom stereocenters. The van der Waals surface area contributed by atoms with Crippen LogP contribution in [0.1, 0.15) is 11.1 Å². The summed E-state index contributed by atoms with van der Waals surface area (Å²) < 4.78 is 1.95. The molecule has 2 heterocycles. The Kier molecular flexibility index (Phi) is 2.00. The van der Waals surface area contributed by atoms with E-state index in [-0.39, 0.29) is 6.42 Å². The van der Waals surface area contributed by atoms with E-state index in [0.717, 1.165) is 16.6 Å². The molecule has 2 aromatic rings. The van der Waals surface area contributed by atoms with Gasteiger partial charge >= 0.3 is 5.97 Å². The van der Waals surface area contributed by atoms with E-state index in [4.69, 9.17) is 5.11 Å². The third kappa shape index (κ3) is 1.37. The third-order valence-corrected chi connectivity index (χ3v) is 2.34. The number of aryl methyl sites for hydroxylation is 1. The average Bonchev–Trinajstić information content (AvgIpc) is 2.43. The minimum absolute atomic E-state index is 0.0896. The van der Waals surface area contributed by atoms with Crippen molar-refractivity contribution in [3.63, 3.8) is 0 Å². The van der Waals surface area contributed by atoms with Crippen LogP contribution in [0.25, 0.3) is 5.52 Å². The fourth-order valence-electron chi connectivity index (χ4n) is 1.69. The van der Waals surface area contributed by atoms with Crippen molar-refractivity contribution >= 4 is 11.5 Å². The number of aromatic nitrogens is 1. The second kappa shape index (κ2) is 3.18. The van der Waals surface area contributed by atoms with E-state index in [0.29, 0.717) is 0 Å². The van der Waals surface area contributed by atoms with Gasteiger partial charge in [-0.25, -0.2) is 0 Å². The highest BCUT2D eigenvalue weighted by molar-refractivity contribution is 5.75. The number of pyridine rings is 1. The molecule has 14 heavy (non-hydrogen) atoms. The summed E-state index contributed by atoms with van der Waals surface area (Å²) in [6.07, 6.45) is 3.97. The number of nitrogens with zero attached hydrogens (tertiary/aromatic N) is 1. The largest absolute Gasteiger partial charge is 0.481 e. The fourth-order valence-corrected chi connectivity index (χ4v) is 1.69. The summed E-state index contributed by atoms with van der Waals surface area (Å²) in [5.41, 5.74) is 2.91. The lowest BCUT2D eigenvalue weighted by Gasteiger charge is -1.97. The molecular weight excluding hydrogens is 178 g/mol. The highest BCUT2D eigenvalue weighted by atomic mass is 16.4. The Hall–Kier alpha value is -1.77. The minimum atomic E-state index is -0.787. The summed E-state index contributed by atoms with van der Waals surface area (Å²) >= 11 is 0. The molecule has 1 N–H and O–H groups in total. The van der Waals surface area contributed by atoms with Crippen molar-refractivity contribution in [3.8, 4) is 0 Å². The third-order valence-electron chi connectivity index (χ3n) is 2.34. The number of hydrogen-bond acceptors (Lipinski definition) is 1. The first-order valence-corrected chi connectivity index (χ1v) is 4.45. The Morgan fingerprint density at radius 1 is 1.50 bits per heavy atom. The van der Waals surface area contributed by atoms with Gasteiger partial charge in [0.1, 0.15) is 0 Å². The van der Waals surface area contributed by atoms with Crippen LogP contribution in [0.4, 0.5) is 0 Å². The maximum Gasteiger partial charge on any atom is 0.307 e. The molecule has 0 aliphatic carbocycles. The second-order valence-electron chi connectivity index (χ2n) is 3.35. The Bertz CT molecular complexity index is 485. The lowest BCUT2D eigenvalue weighted by Crippen LogP contribution is -2.00. The summed E-state index contributed by atoms with van der Waals surface area (Å²) in [7, 11) is 0. The summed E-state index contributed by atoms with van der Waals surface area (Å²) in [6, 6.07) is 5.78. The van der Waals surface area contributed by atoms with E-state index in [2.05, 4.69) is 0 Å². The number of carbonyl (C=O) groups is 1. The monoisotopic (exact) mass is 189 g/mol. The van der Waals surface area contributed by atoms with Crippen molar-refractivity contribution in [1.82, 2.24) is 4.40 Å². The predicted octanol–water partition coefficient (Wildman–Crippen LogP) is 1.87. The number of carboxylic acid groups (broad SMARTS) is 1. The highest BCUT2D eigenvalue weighted by Gasteiger charge is 2.09. The molecule has 0 saturated heterocycles. The molecule has 0 amide bonds. The van der Waals surface area contributed by atoms with Gasteiger partial charge in [0.2, 0.25) is 0 Å². The van der Waals surface area contributed by atoms with Gasteiger partial charge in [-0.2, -0.15) is 0 Å². The van der Waals surface area contributed by atoms with Crippen LogP contribution in [0.3, 0.4) is 0 Å².